The zero-order chi connectivity index (χ0) is 18.9. The van der Waals surface area contributed by atoms with Crippen molar-refractivity contribution in [2.75, 3.05) is 6.54 Å². The average Bonchev–Trinajstić information content (AvgIpc) is 2.96. The lowest BCUT2D eigenvalue weighted by molar-refractivity contribution is 0.222. The summed E-state index contributed by atoms with van der Waals surface area (Å²) in [6, 6.07) is 5.32. The van der Waals surface area contributed by atoms with Gasteiger partial charge in [0.2, 0.25) is 0 Å². The molecule has 0 aromatic heterocycles. The Kier molecular flexibility index (Phi) is 8.73. The highest BCUT2D eigenvalue weighted by Gasteiger charge is 2.25. The Morgan fingerprint density at radius 2 is 2.08 bits per heavy atom. The highest BCUT2D eigenvalue weighted by atomic mass is 32.1. The van der Waals surface area contributed by atoms with Crippen molar-refractivity contribution < 1.29 is 9.50 Å². The number of rotatable bonds is 10. The smallest absolute Gasteiger partial charge is 0.126 e. The predicted octanol–water partition coefficient (Wildman–Crippen LogP) is 5.36. The summed E-state index contributed by atoms with van der Waals surface area (Å²) in [5.74, 6) is -0.201. The van der Waals surface area contributed by atoms with Crippen LogP contribution in [0, 0.1) is 12.7 Å². The van der Waals surface area contributed by atoms with Gasteiger partial charge in [0.25, 0.3) is 0 Å². The molecule has 0 unspecified atom stereocenters. The minimum absolute atomic E-state index is 0.201. The lowest BCUT2D eigenvalue weighted by Gasteiger charge is -2.24. The molecule has 0 saturated carbocycles. The number of nitrogens with zero attached hydrogens (tertiary/aromatic N) is 1. The molecule has 1 aromatic rings. The van der Waals surface area contributed by atoms with Crippen molar-refractivity contribution in [2.45, 2.75) is 77.4 Å². The molecule has 0 bridgehead atoms. The molecule has 1 aromatic carbocycles. The third kappa shape index (κ3) is 6.48. The summed E-state index contributed by atoms with van der Waals surface area (Å²) in [6.45, 7) is 5.00. The van der Waals surface area contributed by atoms with Crippen molar-refractivity contribution in [1.29, 1.82) is 0 Å². The fourth-order valence-electron chi connectivity index (χ4n) is 3.53. The van der Waals surface area contributed by atoms with Gasteiger partial charge in [0.05, 0.1) is 11.1 Å². The molecule has 144 valence electrons. The van der Waals surface area contributed by atoms with E-state index in [4.69, 9.17) is 12.2 Å². The molecule has 0 amide bonds. The van der Waals surface area contributed by atoms with Crippen molar-refractivity contribution in [3.8, 4) is 0 Å². The molecular formula is C22H32FNOS. The Bertz CT molecular complexity index is 616. The first-order valence-electron chi connectivity index (χ1n) is 9.92. The number of aliphatic hydroxyl groups is 1. The maximum absolute atomic E-state index is 13.3. The number of unbranched alkanes of at least 4 members (excludes halogenated alkanes) is 4. The first kappa shape index (κ1) is 21.0. The van der Waals surface area contributed by atoms with Gasteiger partial charge in [-0.1, -0.05) is 69.1 Å². The van der Waals surface area contributed by atoms with Gasteiger partial charge >= 0.3 is 0 Å². The van der Waals surface area contributed by atoms with E-state index >= 15 is 0 Å². The van der Waals surface area contributed by atoms with Crippen LogP contribution in [-0.2, 0) is 6.42 Å². The minimum atomic E-state index is -0.555. The zero-order valence-electron chi connectivity index (χ0n) is 16.1. The predicted molar refractivity (Wildman–Crippen MR) is 111 cm³/mol. The topological polar surface area (TPSA) is 23.5 Å². The lowest BCUT2D eigenvalue weighted by Crippen LogP contribution is -2.32. The van der Waals surface area contributed by atoms with Crippen molar-refractivity contribution in [1.82, 2.24) is 4.90 Å². The van der Waals surface area contributed by atoms with Crippen LogP contribution in [0.1, 0.15) is 63.0 Å². The van der Waals surface area contributed by atoms with E-state index in [-0.39, 0.29) is 5.82 Å². The molecule has 1 aliphatic rings. The van der Waals surface area contributed by atoms with Crippen LogP contribution in [0.3, 0.4) is 0 Å². The van der Waals surface area contributed by atoms with E-state index in [1.54, 1.807) is 19.1 Å². The molecule has 4 heteroatoms. The van der Waals surface area contributed by atoms with Gasteiger partial charge in [-0.3, -0.25) is 0 Å². The van der Waals surface area contributed by atoms with E-state index in [2.05, 4.69) is 17.9 Å². The number of benzene rings is 1. The number of hydrogen-bond acceptors (Lipinski definition) is 2. The van der Waals surface area contributed by atoms with Gasteiger partial charge in [-0.2, -0.15) is 0 Å². The van der Waals surface area contributed by atoms with Gasteiger partial charge in [-0.05, 0) is 37.0 Å². The van der Waals surface area contributed by atoms with Crippen LogP contribution in [0.15, 0.2) is 30.4 Å². The molecule has 1 N–H and O–H groups in total. The first-order valence-corrected chi connectivity index (χ1v) is 10.3. The lowest BCUT2D eigenvalue weighted by atomic mass is 10.0. The summed E-state index contributed by atoms with van der Waals surface area (Å²) in [6.07, 6.45) is 12.2. The van der Waals surface area contributed by atoms with E-state index in [1.165, 1.54) is 38.2 Å². The summed E-state index contributed by atoms with van der Waals surface area (Å²) in [4.78, 5) is 3.38. The van der Waals surface area contributed by atoms with Gasteiger partial charge in [0, 0.05) is 25.4 Å². The molecule has 0 radical (unpaired) electrons. The number of halogens is 1. The van der Waals surface area contributed by atoms with Crippen LogP contribution in [0.2, 0.25) is 0 Å². The van der Waals surface area contributed by atoms with Gasteiger partial charge in [-0.25, -0.2) is 4.39 Å². The Hall–Kier alpha value is -1.26. The quantitative estimate of drug-likeness (QED) is 0.337. The molecule has 1 heterocycles. The summed E-state index contributed by atoms with van der Waals surface area (Å²) in [7, 11) is 0. The Labute approximate surface area is 163 Å². The summed E-state index contributed by atoms with van der Waals surface area (Å²) in [5, 5.41) is 10.3. The first-order chi connectivity index (χ1) is 12.5. The molecule has 1 saturated heterocycles. The van der Waals surface area contributed by atoms with Gasteiger partial charge in [-0.15, -0.1) is 0 Å². The number of hydrogen-bond donors (Lipinski definition) is 1. The second kappa shape index (κ2) is 10.8. The molecule has 2 atom stereocenters. The van der Waals surface area contributed by atoms with Crippen LogP contribution < -0.4 is 0 Å². The van der Waals surface area contributed by atoms with Crippen LogP contribution >= 0.6 is 12.2 Å². The van der Waals surface area contributed by atoms with E-state index < -0.39 is 6.10 Å². The maximum atomic E-state index is 13.3. The van der Waals surface area contributed by atoms with Crippen molar-refractivity contribution in [2.24, 2.45) is 0 Å². The fourth-order valence-corrected chi connectivity index (χ4v) is 3.88. The maximum Gasteiger partial charge on any atom is 0.126 e. The van der Waals surface area contributed by atoms with E-state index in [1.807, 2.05) is 6.08 Å². The summed E-state index contributed by atoms with van der Waals surface area (Å²) in [5.41, 5.74) is 1.57. The average molecular weight is 378 g/mol. The highest BCUT2D eigenvalue weighted by Crippen LogP contribution is 2.22. The number of aryl methyl sites for hydroxylation is 1. The molecule has 1 aliphatic heterocycles. The van der Waals surface area contributed by atoms with Crippen LogP contribution in [0.5, 0.6) is 0 Å². The number of thiocarbonyl (C=S) groups is 1. The monoisotopic (exact) mass is 377 g/mol. The summed E-state index contributed by atoms with van der Waals surface area (Å²) >= 11 is 5.52. The molecule has 2 nitrogen and oxygen atoms in total. The van der Waals surface area contributed by atoms with Crippen LogP contribution in [0.25, 0.3) is 0 Å². The molecular weight excluding hydrogens is 345 g/mol. The highest BCUT2D eigenvalue weighted by molar-refractivity contribution is 7.80. The minimum Gasteiger partial charge on any atom is -0.389 e. The second-order valence-electron chi connectivity index (χ2n) is 7.35. The van der Waals surface area contributed by atoms with E-state index in [9.17, 15) is 9.50 Å². The second-order valence-corrected chi connectivity index (χ2v) is 7.82. The van der Waals surface area contributed by atoms with Crippen molar-refractivity contribution in [3.63, 3.8) is 0 Å². The molecule has 2 rings (SSSR count). The normalized spacial score (nSPS) is 18.8. The number of likely N-dealkylation sites (tertiary alicyclic amines) is 1. The number of aliphatic hydroxyl groups excluding tert-OH is 1. The van der Waals surface area contributed by atoms with Gasteiger partial charge in [0.1, 0.15) is 5.82 Å². The van der Waals surface area contributed by atoms with Crippen molar-refractivity contribution >= 4 is 17.2 Å². The third-order valence-corrected chi connectivity index (χ3v) is 5.54. The third-order valence-electron chi connectivity index (χ3n) is 5.10. The molecule has 26 heavy (non-hydrogen) atoms. The Morgan fingerprint density at radius 1 is 1.31 bits per heavy atom. The Morgan fingerprint density at radius 3 is 2.81 bits per heavy atom. The van der Waals surface area contributed by atoms with Gasteiger partial charge < -0.3 is 10.0 Å². The Balaban J connectivity index is 1.84. The summed E-state index contributed by atoms with van der Waals surface area (Å²) < 4.78 is 13.3. The zero-order valence-corrected chi connectivity index (χ0v) is 16.9. The van der Waals surface area contributed by atoms with Crippen LogP contribution in [-0.4, -0.2) is 33.7 Å². The van der Waals surface area contributed by atoms with Gasteiger partial charge in [0.15, 0.2) is 0 Å². The standard InChI is InChI=1S/C22H32FNOS/c1-3-4-5-6-7-14-24-19(10-13-22(24)26)9-11-20(25)16-18-8-12-21(23)17(2)15-18/h8-9,11-12,15,19-20,25H,3-7,10,13-14,16H2,1-2H3/b11-9+/t19-,20+/m0/s1. The SMILES string of the molecule is CCCCCCCN1C(=S)CC[C@@H]1/C=C/[C@@H](O)Cc1ccc(F)c(C)c1. The fraction of sp³-hybridized carbons (Fsp3) is 0.591. The van der Waals surface area contributed by atoms with Crippen LogP contribution in [0.4, 0.5) is 4.39 Å². The van der Waals surface area contributed by atoms with E-state index in [0.717, 1.165) is 29.9 Å². The molecule has 1 fully saturated rings. The van der Waals surface area contributed by atoms with Crippen molar-refractivity contribution in [3.05, 3.63) is 47.3 Å². The van der Waals surface area contributed by atoms with E-state index in [0.29, 0.717) is 18.0 Å². The molecule has 0 aliphatic carbocycles. The molecule has 0 spiro atoms. The largest absolute Gasteiger partial charge is 0.389 e.